The third-order valence-electron chi connectivity index (χ3n) is 3.29. The van der Waals surface area contributed by atoms with Crippen LogP contribution in [0, 0.1) is 5.82 Å². The normalized spacial score (nSPS) is 24.0. The van der Waals surface area contributed by atoms with Crippen molar-refractivity contribution in [3.05, 3.63) is 34.1 Å². The third-order valence-corrected chi connectivity index (χ3v) is 3.98. The van der Waals surface area contributed by atoms with Crippen molar-refractivity contribution in [1.29, 1.82) is 0 Å². The standard InChI is InChI=1S/C12H13BrFN3/c13-10-5-7(14)1-4-9(10)11-6-16-12(15)17(11)8-2-3-8/h1,4-5,8,11H,2-3,6H2,(H2,15,16). The molecule has 1 heterocycles. The number of rotatable bonds is 2. The number of benzene rings is 1. The molecule has 1 aromatic carbocycles. The lowest BCUT2D eigenvalue weighted by atomic mass is 10.1. The van der Waals surface area contributed by atoms with Crippen molar-refractivity contribution < 1.29 is 4.39 Å². The Kier molecular flexibility index (Phi) is 2.58. The summed E-state index contributed by atoms with van der Waals surface area (Å²) in [5.74, 6) is 0.388. The van der Waals surface area contributed by atoms with Gasteiger partial charge in [-0.05, 0) is 30.5 Å². The Morgan fingerprint density at radius 1 is 1.41 bits per heavy atom. The van der Waals surface area contributed by atoms with E-state index in [1.807, 2.05) is 6.07 Å². The van der Waals surface area contributed by atoms with Crippen LogP contribution in [0.1, 0.15) is 24.4 Å². The predicted octanol–water partition coefficient (Wildman–Crippen LogP) is 2.42. The molecule has 0 aromatic heterocycles. The predicted molar refractivity (Wildman–Crippen MR) is 68.2 cm³/mol. The van der Waals surface area contributed by atoms with Crippen LogP contribution in [0.5, 0.6) is 0 Å². The van der Waals surface area contributed by atoms with Crippen molar-refractivity contribution in [1.82, 2.24) is 4.90 Å². The van der Waals surface area contributed by atoms with Gasteiger partial charge in [0.25, 0.3) is 0 Å². The molecule has 1 saturated carbocycles. The fraction of sp³-hybridized carbons (Fsp3) is 0.417. The molecule has 3 nitrogen and oxygen atoms in total. The van der Waals surface area contributed by atoms with Crippen LogP contribution < -0.4 is 5.73 Å². The van der Waals surface area contributed by atoms with E-state index >= 15 is 0 Å². The number of nitrogens with zero attached hydrogens (tertiary/aromatic N) is 2. The Morgan fingerprint density at radius 3 is 2.82 bits per heavy atom. The maximum absolute atomic E-state index is 13.1. The van der Waals surface area contributed by atoms with Crippen molar-refractivity contribution in [3.8, 4) is 0 Å². The van der Waals surface area contributed by atoms with Crippen molar-refractivity contribution in [2.24, 2.45) is 10.7 Å². The average Bonchev–Trinajstić information content (AvgIpc) is 3.03. The van der Waals surface area contributed by atoms with Gasteiger partial charge in [0.15, 0.2) is 5.96 Å². The molecule has 1 unspecified atom stereocenters. The van der Waals surface area contributed by atoms with Gasteiger partial charge in [-0.1, -0.05) is 22.0 Å². The summed E-state index contributed by atoms with van der Waals surface area (Å²) in [6, 6.07) is 5.46. The summed E-state index contributed by atoms with van der Waals surface area (Å²) in [4.78, 5) is 6.47. The van der Waals surface area contributed by atoms with Crippen LogP contribution in [0.4, 0.5) is 4.39 Å². The van der Waals surface area contributed by atoms with Gasteiger partial charge in [0.1, 0.15) is 5.82 Å². The van der Waals surface area contributed by atoms with E-state index in [4.69, 9.17) is 5.73 Å². The Bertz CT molecular complexity index is 485. The van der Waals surface area contributed by atoms with Crippen molar-refractivity contribution in [3.63, 3.8) is 0 Å². The monoisotopic (exact) mass is 297 g/mol. The van der Waals surface area contributed by atoms with Crippen LogP contribution in [0.2, 0.25) is 0 Å². The topological polar surface area (TPSA) is 41.6 Å². The first-order valence-corrected chi connectivity index (χ1v) is 6.49. The van der Waals surface area contributed by atoms with Crippen LogP contribution in [-0.4, -0.2) is 23.4 Å². The number of guanidine groups is 1. The van der Waals surface area contributed by atoms with Crippen molar-refractivity contribution >= 4 is 21.9 Å². The highest BCUT2D eigenvalue weighted by Gasteiger charge is 2.39. The SMILES string of the molecule is NC1=NCC(c2ccc(F)cc2Br)N1C1CC1. The van der Waals surface area contributed by atoms with Gasteiger partial charge in [0.2, 0.25) is 0 Å². The highest BCUT2D eigenvalue weighted by atomic mass is 79.9. The average molecular weight is 298 g/mol. The summed E-state index contributed by atoms with van der Waals surface area (Å²) in [6.07, 6.45) is 2.34. The highest BCUT2D eigenvalue weighted by molar-refractivity contribution is 9.10. The molecule has 1 fully saturated rings. The van der Waals surface area contributed by atoms with Gasteiger partial charge in [0.05, 0.1) is 12.6 Å². The zero-order valence-corrected chi connectivity index (χ0v) is 10.8. The minimum atomic E-state index is -0.231. The maximum atomic E-state index is 13.1. The lowest BCUT2D eigenvalue weighted by Crippen LogP contribution is -2.37. The number of hydrogen-bond donors (Lipinski definition) is 1. The summed E-state index contributed by atoms with van der Waals surface area (Å²) in [6.45, 7) is 0.659. The Labute approximate surface area is 108 Å². The van der Waals surface area contributed by atoms with E-state index in [0.29, 0.717) is 18.5 Å². The molecule has 90 valence electrons. The minimum Gasteiger partial charge on any atom is -0.370 e. The summed E-state index contributed by atoms with van der Waals surface area (Å²) >= 11 is 3.42. The third kappa shape index (κ3) is 1.92. The summed E-state index contributed by atoms with van der Waals surface area (Å²) in [5.41, 5.74) is 6.97. The minimum absolute atomic E-state index is 0.150. The maximum Gasteiger partial charge on any atom is 0.192 e. The lowest BCUT2D eigenvalue weighted by Gasteiger charge is -2.27. The smallest absolute Gasteiger partial charge is 0.192 e. The summed E-state index contributed by atoms with van der Waals surface area (Å²) < 4.78 is 13.9. The molecule has 0 spiro atoms. The van der Waals surface area contributed by atoms with Crippen molar-refractivity contribution in [2.75, 3.05) is 6.54 Å². The quantitative estimate of drug-likeness (QED) is 0.911. The molecular formula is C12H13BrFN3. The fourth-order valence-electron chi connectivity index (χ4n) is 2.32. The summed E-state index contributed by atoms with van der Waals surface area (Å²) in [5, 5.41) is 0. The highest BCUT2D eigenvalue weighted by Crippen LogP contribution is 2.39. The number of hydrogen-bond acceptors (Lipinski definition) is 3. The number of nitrogens with two attached hydrogens (primary N) is 1. The van der Waals surface area contributed by atoms with Crippen LogP contribution in [0.25, 0.3) is 0 Å². The molecular weight excluding hydrogens is 285 g/mol. The Hall–Kier alpha value is -1.10. The van der Waals surface area contributed by atoms with E-state index in [2.05, 4.69) is 25.8 Å². The number of halogens is 2. The van der Waals surface area contributed by atoms with E-state index in [-0.39, 0.29) is 11.9 Å². The van der Waals surface area contributed by atoms with Gasteiger partial charge >= 0.3 is 0 Å². The molecule has 0 amide bonds. The van der Waals surface area contributed by atoms with Crippen LogP contribution in [0.3, 0.4) is 0 Å². The van der Waals surface area contributed by atoms with Gasteiger partial charge in [-0.3, -0.25) is 4.99 Å². The van der Waals surface area contributed by atoms with Gasteiger partial charge in [0, 0.05) is 10.5 Å². The van der Waals surface area contributed by atoms with Gasteiger partial charge in [-0.25, -0.2) is 4.39 Å². The second kappa shape index (κ2) is 3.98. The van der Waals surface area contributed by atoms with E-state index in [1.54, 1.807) is 0 Å². The van der Waals surface area contributed by atoms with Gasteiger partial charge < -0.3 is 10.6 Å². The fourth-order valence-corrected chi connectivity index (χ4v) is 2.94. The first-order chi connectivity index (χ1) is 8.16. The van der Waals surface area contributed by atoms with Crippen LogP contribution in [-0.2, 0) is 0 Å². The van der Waals surface area contributed by atoms with Crippen molar-refractivity contribution in [2.45, 2.75) is 24.9 Å². The van der Waals surface area contributed by atoms with E-state index < -0.39 is 0 Å². The second-order valence-electron chi connectivity index (χ2n) is 4.52. The Balaban J connectivity index is 1.93. The van der Waals surface area contributed by atoms with Crippen LogP contribution in [0.15, 0.2) is 27.7 Å². The molecule has 1 aliphatic heterocycles. The molecule has 2 N–H and O–H groups in total. The molecule has 0 saturated heterocycles. The zero-order chi connectivity index (χ0) is 12.0. The van der Waals surface area contributed by atoms with Gasteiger partial charge in [-0.2, -0.15) is 0 Å². The van der Waals surface area contributed by atoms with E-state index in [1.165, 1.54) is 25.0 Å². The number of aliphatic imine (C=N–C) groups is 1. The molecule has 3 rings (SSSR count). The van der Waals surface area contributed by atoms with Crippen LogP contribution >= 0.6 is 15.9 Å². The molecule has 5 heteroatoms. The molecule has 17 heavy (non-hydrogen) atoms. The molecule has 0 radical (unpaired) electrons. The van der Waals surface area contributed by atoms with E-state index in [9.17, 15) is 4.39 Å². The first kappa shape index (κ1) is 11.0. The lowest BCUT2D eigenvalue weighted by molar-refractivity contribution is 0.337. The molecule has 0 bridgehead atoms. The second-order valence-corrected chi connectivity index (χ2v) is 5.37. The summed E-state index contributed by atoms with van der Waals surface area (Å²) in [7, 11) is 0. The van der Waals surface area contributed by atoms with E-state index in [0.717, 1.165) is 10.0 Å². The largest absolute Gasteiger partial charge is 0.370 e. The zero-order valence-electron chi connectivity index (χ0n) is 9.24. The molecule has 2 aliphatic rings. The first-order valence-electron chi connectivity index (χ1n) is 5.70. The molecule has 1 aliphatic carbocycles. The molecule has 1 atom stereocenters. The van der Waals surface area contributed by atoms with Gasteiger partial charge in [-0.15, -0.1) is 0 Å². The Morgan fingerprint density at radius 2 is 2.18 bits per heavy atom. The molecule has 1 aromatic rings.